The Kier molecular flexibility index (Phi) is 5.91. The molecule has 1 nitrogen and oxygen atoms in total. The van der Waals surface area contributed by atoms with E-state index in [-0.39, 0.29) is 0 Å². The maximum absolute atomic E-state index is 4.24. The number of rotatable bonds is 6. The van der Waals surface area contributed by atoms with Gasteiger partial charge in [-0.3, -0.25) is 4.99 Å². The molecule has 0 saturated heterocycles. The Morgan fingerprint density at radius 1 is 1.06 bits per heavy atom. The summed E-state index contributed by atoms with van der Waals surface area (Å²) in [6, 6.07) is 10.1. The highest BCUT2D eigenvalue weighted by atomic mass is 14.7. The van der Waals surface area contributed by atoms with Gasteiger partial charge in [0.15, 0.2) is 0 Å². The molecule has 0 aliphatic heterocycles. The summed E-state index contributed by atoms with van der Waals surface area (Å²) in [5, 5.41) is 0. The van der Waals surface area contributed by atoms with Crippen LogP contribution in [-0.2, 0) is 0 Å². The lowest BCUT2D eigenvalue weighted by Crippen LogP contribution is -1.95. The van der Waals surface area contributed by atoms with Gasteiger partial charge in [0.25, 0.3) is 0 Å². The lowest BCUT2D eigenvalue weighted by molar-refractivity contribution is 1.56. The molecule has 0 fully saturated rings. The number of aliphatic imine (C=N–C) groups is 1. The number of allylic oxidation sites excluding steroid dienone is 5. The van der Waals surface area contributed by atoms with E-state index in [1.54, 1.807) is 12.2 Å². The van der Waals surface area contributed by atoms with E-state index in [4.69, 9.17) is 0 Å². The molecular formula is C17H17N. The summed E-state index contributed by atoms with van der Waals surface area (Å²) in [5.41, 5.74) is 2.84. The molecule has 1 aromatic carbocycles. The lowest BCUT2D eigenvalue weighted by atomic mass is 10.1. The zero-order chi connectivity index (χ0) is 13.2. The van der Waals surface area contributed by atoms with E-state index < -0.39 is 0 Å². The molecule has 1 aromatic rings. The first kappa shape index (κ1) is 13.7. The number of nitrogens with zero attached hydrogens (tertiary/aromatic N) is 1. The number of benzene rings is 1. The first-order valence-electron chi connectivity index (χ1n) is 5.69. The SMILES string of the molecule is C=C/C=C(\C=C)C(/C=C/c1ccccc1)=NC=C. The third-order valence-electron chi connectivity index (χ3n) is 2.28. The highest BCUT2D eigenvalue weighted by Crippen LogP contribution is 2.07. The minimum Gasteiger partial charge on any atom is -0.257 e. The molecule has 0 amide bonds. The Bertz CT molecular complexity index is 502. The van der Waals surface area contributed by atoms with Gasteiger partial charge in [-0.1, -0.05) is 74.4 Å². The zero-order valence-electron chi connectivity index (χ0n) is 10.4. The Labute approximate surface area is 109 Å². The second-order valence-corrected chi connectivity index (χ2v) is 3.50. The normalized spacial score (nSPS) is 12.4. The van der Waals surface area contributed by atoms with Crippen LogP contribution in [0.1, 0.15) is 5.56 Å². The summed E-state index contributed by atoms with van der Waals surface area (Å²) < 4.78 is 0. The Morgan fingerprint density at radius 2 is 1.78 bits per heavy atom. The molecule has 0 spiro atoms. The van der Waals surface area contributed by atoms with Crippen molar-refractivity contribution in [1.29, 1.82) is 0 Å². The molecule has 0 N–H and O–H groups in total. The molecule has 0 aliphatic rings. The summed E-state index contributed by atoms with van der Waals surface area (Å²) in [4.78, 5) is 4.24. The minimum absolute atomic E-state index is 0.809. The largest absolute Gasteiger partial charge is 0.257 e. The van der Waals surface area contributed by atoms with E-state index >= 15 is 0 Å². The van der Waals surface area contributed by atoms with Crippen LogP contribution in [0, 0.1) is 0 Å². The maximum Gasteiger partial charge on any atom is 0.0701 e. The van der Waals surface area contributed by atoms with E-state index in [0.29, 0.717) is 0 Å². The molecule has 90 valence electrons. The van der Waals surface area contributed by atoms with E-state index in [2.05, 4.69) is 24.7 Å². The van der Waals surface area contributed by atoms with E-state index in [0.717, 1.165) is 16.8 Å². The molecule has 0 atom stereocenters. The monoisotopic (exact) mass is 235 g/mol. The van der Waals surface area contributed by atoms with Crippen LogP contribution < -0.4 is 0 Å². The highest BCUT2D eigenvalue weighted by Gasteiger charge is 1.97. The van der Waals surface area contributed by atoms with Gasteiger partial charge in [-0.05, 0) is 17.2 Å². The van der Waals surface area contributed by atoms with Gasteiger partial charge in [0.05, 0.1) is 5.71 Å². The van der Waals surface area contributed by atoms with Crippen molar-refractivity contribution in [2.75, 3.05) is 0 Å². The smallest absolute Gasteiger partial charge is 0.0701 e. The van der Waals surface area contributed by atoms with Gasteiger partial charge in [0.1, 0.15) is 0 Å². The summed E-state index contributed by atoms with van der Waals surface area (Å²) in [7, 11) is 0. The fourth-order valence-electron chi connectivity index (χ4n) is 1.44. The molecule has 0 radical (unpaired) electrons. The van der Waals surface area contributed by atoms with Crippen molar-refractivity contribution in [3.63, 3.8) is 0 Å². The maximum atomic E-state index is 4.24. The van der Waals surface area contributed by atoms with Crippen LogP contribution in [0.2, 0.25) is 0 Å². The standard InChI is InChI=1S/C17H17N/c1-4-10-16(5-2)17(18-6-3)14-13-15-11-8-7-9-12-15/h4-14H,1-3H2/b14-13+,16-10+,18-17?. The molecule has 0 heterocycles. The predicted molar refractivity (Wildman–Crippen MR) is 81.6 cm³/mol. The van der Waals surface area contributed by atoms with Crippen LogP contribution in [0.3, 0.4) is 0 Å². The van der Waals surface area contributed by atoms with Crippen LogP contribution in [-0.4, -0.2) is 5.71 Å². The van der Waals surface area contributed by atoms with Crippen molar-refractivity contribution in [2.45, 2.75) is 0 Å². The highest BCUT2D eigenvalue weighted by molar-refractivity contribution is 6.12. The molecule has 0 aliphatic carbocycles. The Hall–Kier alpha value is -2.41. The fourth-order valence-corrected chi connectivity index (χ4v) is 1.44. The third-order valence-corrected chi connectivity index (χ3v) is 2.28. The molecule has 0 unspecified atom stereocenters. The van der Waals surface area contributed by atoms with Crippen LogP contribution in [0.15, 0.2) is 91.1 Å². The topological polar surface area (TPSA) is 12.4 Å². The van der Waals surface area contributed by atoms with Gasteiger partial charge < -0.3 is 0 Å². The molecule has 18 heavy (non-hydrogen) atoms. The first-order valence-corrected chi connectivity index (χ1v) is 5.69. The van der Waals surface area contributed by atoms with Crippen LogP contribution in [0.4, 0.5) is 0 Å². The van der Waals surface area contributed by atoms with E-state index in [1.165, 1.54) is 6.20 Å². The fraction of sp³-hybridized carbons (Fsp3) is 0. The van der Waals surface area contributed by atoms with Crippen molar-refractivity contribution in [1.82, 2.24) is 0 Å². The average Bonchev–Trinajstić information content (AvgIpc) is 2.42. The van der Waals surface area contributed by atoms with Crippen molar-refractivity contribution >= 4 is 11.8 Å². The van der Waals surface area contributed by atoms with Gasteiger partial charge in [-0.25, -0.2) is 0 Å². The van der Waals surface area contributed by atoms with Gasteiger partial charge in [0, 0.05) is 6.20 Å². The molecule has 0 saturated carbocycles. The lowest BCUT2D eigenvalue weighted by Gasteiger charge is -2.00. The van der Waals surface area contributed by atoms with Crippen molar-refractivity contribution in [2.24, 2.45) is 4.99 Å². The van der Waals surface area contributed by atoms with Gasteiger partial charge in [0.2, 0.25) is 0 Å². The first-order chi connectivity index (χ1) is 8.81. The summed E-state index contributed by atoms with van der Waals surface area (Å²) >= 11 is 0. The van der Waals surface area contributed by atoms with E-state index in [1.807, 2.05) is 48.6 Å². The number of hydrogen-bond acceptors (Lipinski definition) is 1. The number of hydrogen-bond donors (Lipinski definition) is 0. The third kappa shape index (κ3) is 4.22. The van der Waals surface area contributed by atoms with Gasteiger partial charge in [-0.2, -0.15) is 0 Å². The molecule has 0 aromatic heterocycles. The summed E-state index contributed by atoms with van der Waals surface area (Å²) in [5.74, 6) is 0. The molecule has 0 bridgehead atoms. The predicted octanol–water partition coefficient (Wildman–Crippen LogP) is 4.58. The van der Waals surface area contributed by atoms with Crippen molar-refractivity contribution < 1.29 is 0 Å². The van der Waals surface area contributed by atoms with Gasteiger partial charge in [-0.15, -0.1) is 0 Å². The Morgan fingerprint density at radius 3 is 2.33 bits per heavy atom. The van der Waals surface area contributed by atoms with E-state index in [9.17, 15) is 0 Å². The zero-order valence-corrected chi connectivity index (χ0v) is 10.4. The second kappa shape index (κ2) is 7.80. The quantitative estimate of drug-likeness (QED) is 0.505. The van der Waals surface area contributed by atoms with Gasteiger partial charge >= 0.3 is 0 Å². The average molecular weight is 235 g/mol. The van der Waals surface area contributed by atoms with Crippen LogP contribution in [0.5, 0.6) is 0 Å². The van der Waals surface area contributed by atoms with Crippen LogP contribution in [0.25, 0.3) is 6.08 Å². The van der Waals surface area contributed by atoms with Crippen molar-refractivity contribution in [3.8, 4) is 0 Å². The summed E-state index contributed by atoms with van der Waals surface area (Å²) in [6.45, 7) is 11.1. The minimum atomic E-state index is 0.809. The molecular weight excluding hydrogens is 218 g/mol. The Balaban J connectivity index is 3.01. The van der Waals surface area contributed by atoms with Crippen LogP contribution >= 0.6 is 0 Å². The molecule has 1 rings (SSSR count). The summed E-state index contributed by atoms with van der Waals surface area (Å²) in [6.07, 6.45) is 10.8. The molecule has 1 heteroatoms. The second-order valence-electron chi connectivity index (χ2n) is 3.50. The van der Waals surface area contributed by atoms with Crippen molar-refractivity contribution in [3.05, 3.63) is 91.7 Å².